The van der Waals surface area contributed by atoms with Gasteiger partial charge >= 0.3 is 0 Å². The van der Waals surface area contributed by atoms with E-state index in [4.69, 9.17) is 14.2 Å². The lowest BCUT2D eigenvalue weighted by molar-refractivity contribution is -0.177. The van der Waals surface area contributed by atoms with Crippen molar-refractivity contribution in [3.8, 4) is 0 Å². The van der Waals surface area contributed by atoms with Gasteiger partial charge in [-0.15, -0.1) is 0 Å². The van der Waals surface area contributed by atoms with Crippen LogP contribution in [0.1, 0.15) is 33.1 Å². The molecule has 0 aromatic carbocycles. The Morgan fingerprint density at radius 2 is 1.88 bits per heavy atom. The standard InChI is InChI=1S/C17H31NO7/c1-3-6-23-8-9-24-7-4-5-14-16(18-12(2)21)13(10-19)17(22)15(11-20)25-14/h10,13-17,20,22H,3-9,11H2,1-2H3,(H,18,21)/t13-,14-,15-,16-,17-/m1/s1. The molecule has 1 heterocycles. The molecule has 1 aliphatic heterocycles. The van der Waals surface area contributed by atoms with Crippen molar-refractivity contribution < 1.29 is 34.0 Å². The zero-order valence-electron chi connectivity index (χ0n) is 15.1. The molecule has 0 spiro atoms. The summed E-state index contributed by atoms with van der Waals surface area (Å²) >= 11 is 0. The highest BCUT2D eigenvalue weighted by Crippen LogP contribution is 2.27. The monoisotopic (exact) mass is 361 g/mol. The quantitative estimate of drug-likeness (QED) is 0.321. The molecule has 1 rings (SSSR count). The molecule has 25 heavy (non-hydrogen) atoms. The number of carbonyl (C=O) groups excluding carboxylic acids is 2. The molecule has 0 saturated carbocycles. The Morgan fingerprint density at radius 3 is 2.44 bits per heavy atom. The van der Waals surface area contributed by atoms with Gasteiger partial charge in [-0.3, -0.25) is 4.79 Å². The lowest BCUT2D eigenvalue weighted by Crippen LogP contribution is -2.61. The van der Waals surface area contributed by atoms with E-state index in [0.29, 0.717) is 38.9 Å². The Labute approximate surface area is 148 Å². The summed E-state index contributed by atoms with van der Waals surface area (Å²) in [4.78, 5) is 22.8. The van der Waals surface area contributed by atoms with Crippen LogP contribution in [0, 0.1) is 5.92 Å². The third-order valence-electron chi connectivity index (χ3n) is 4.14. The fourth-order valence-corrected chi connectivity index (χ4v) is 2.94. The largest absolute Gasteiger partial charge is 0.394 e. The molecule has 0 aliphatic carbocycles. The first kappa shape index (κ1) is 22.0. The van der Waals surface area contributed by atoms with Gasteiger partial charge < -0.3 is 34.5 Å². The van der Waals surface area contributed by atoms with Crippen LogP contribution in [0.3, 0.4) is 0 Å². The first-order chi connectivity index (χ1) is 12.0. The molecule has 1 saturated heterocycles. The van der Waals surface area contributed by atoms with E-state index in [1.165, 1.54) is 6.92 Å². The van der Waals surface area contributed by atoms with E-state index in [2.05, 4.69) is 5.32 Å². The van der Waals surface area contributed by atoms with E-state index in [-0.39, 0.29) is 12.5 Å². The highest BCUT2D eigenvalue weighted by atomic mass is 16.5. The highest BCUT2D eigenvalue weighted by molar-refractivity contribution is 5.74. The van der Waals surface area contributed by atoms with Crippen molar-refractivity contribution in [2.45, 2.75) is 57.5 Å². The maximum Gasteiger partial charge on any atom is 0.217 e. The molecule has 0 aromatic heterocycles. The molecule has 8 heteroatoms. The summed E-state index contributed by atoms with van der Waals surface area (Å²) in [5.41, 5.74) is 0. The minimum atomic E-state index is -1.15. The van der Waals surface area contributed by atoms with Gasteiger partial charge in [0.15, 0.2) is 0 Å². The van der Waals surface area contributed by atoms with E-state index in [1.807, 2.05) is 6.92 Å². The number of aliphatic hydroxyl groups is 2. The van der Waals surface area contributed by atoms with Crippen molar-refractivity contribution in [1.82, 2.24) is 5.32 Å². The Hall–Kier alpha value is -1.06. The number of hydrogen-bond acceptors (Lipinski definition) is 7. The molecule has 3 N–H and O–H groups in total. The molecule has 5 atom stereocenters. The van der Waals surface area contributed by atoms with Gasteiger partial charge in [-0.2, -0.15) is 0 Å². The van der Waals surface area contributed by atoms with Crippen LogP contribution in [0.25, 0.3) is 0 Å². The van der Waals surface area contributed by atoms with Crippen LogP contribution >= 0.6 is 0 Å². The maximum absolute atomic E-state index is 11.4. The Kier molecular flexibility index (Phi) is 10.8. The van der Waals surface area contributed by atoms with Gasteiger partial charge in [0.2, 0.25) is 5.91 Å². The maximum atomic E-state index is 11.4. The zero-order chi connectivity index (χ0) is 18.7. The van der Waals surface area contributed by atoms with Crippen LogP contribution in [0.5, 0.6) is 0 Å². The van der Waals surface area contributed by atoms with Crippen LogP contribution in [-0.4, -0.2) is 79.8 Å². The number of rotatable bonds is 12. The molecule has 1 amide bonds. The fraction of sp³-hybridized carbons (Fsp3) is 0.882. The molecule has 146 valence electrons. The normalized spacial score (nSPS) is 29.4. The summed E-state index contributed by atoms with van der Waals surface area (Å²) in [6, 6.07) is -0.624. The number of ether oxygens (including phenoxy) is 3. The van der Waals surface area contributed by atoms with Gasteiger partial charge in [0.25, 0.3) is 0 Å². The van der Waals surface area contributed by atoms with Crippen molar-refractivity contribution >= 4 is 12.2 Å². The number of carbonyl (C=O) groups is 2. The second kappa shape index (κ2) is 12.3. The summed E-state index contributed by atoms with van der Waals surface area (Å²) in [5.74, 6) is -1.12. The lowest BCUT2D eigenvalue weighted by Gasteiger charge is -2.43. The molecule has 0 radical (unpaired) electrons. The first-order valence-corrected chi connectivity index (χ1v) is 8.87. The molecule has 0 unspecified atom stereocenters. The van der Waals surface area contributed by atoms with Gasteiger partial charge in [-0.25, -0.2) is 0 Å². The third-order valence-corrected chi connectivity index (χ3v) is 4.14. The fourth-order valence-electron chi connectivity index (χ4n) is 2.94. The van der Waals surface area contributed by atoms with Crippen LogP contribution in [-0.2, 0) is 23.8 Å². The van der Waals surface area contributed by atoms with Crippen molar-refractivity contribution in [1.29, 1.82) is 0 Å². The molecule has 8 nitrogen and oxygen atoms in total. The van der Waals surface area contributed by atoms with Crippen LogP contribution in [0.2, 0.25) is 0 Å². The van der Waals surface area contributed by atoms with E-state index >= 15 is 0 Å². The smallest absolute Gasteiger partial charge is 0.217 e. The van der Waals surface area contributed by atoms with E-state index in [9.17, 15) is 19.8 Å². The number of aldehydes is 1. The average molecular weight is 361 g/mol. The van der Waals surface area contributed by atoms with Gasteiger partial charge in [0.05, 0.1) is 44.0 Å². The van der Waals surface area contributed by atoms with Crippen molar-refractivity contribution in [2.75, 3.05) is 33.0 Å². The predicted molar refractivity (Wildman–Crippen MR) is 90.1 cm³/mol. The lowest BCUT2D eigenvalue weighted by atomic mass is 9.83. The Balaban J connectivity index is 2.48. The molecular weight excluding hydrogens is 330 g/mol. The van der Waals surface area contributed by atoms with Gasteiger partial charge in [-0.05, 0) is 19.3 Å². The first-order valence-electron chi connectivity index (χ1n) is 8.87. The summed E-state index contributed by atoms with van der Waals surface area (Å²) in [6.45, 7) is 5.28. The van der Waals surface area contributed by atoms with Gasteiger partial charge in [0.1, 0.15) is 12.4 Å². The second-order valence-corrected chi connectivity index (χ2v) is 6.19. The van der Waals surface area contributed by atoms with Crippen molar-refractivity contribution in [2.24, 2.45) is 5.92 Å². The van der Waals surface area contributed by atoms with E-state index < -0.39 is 30.3 Å². The summed E-state index contributed by atoms with van der Waals surface area (Å²) in [6.07, 6.45) is 0.322. The minimum absolute atomic E-state index is 0.301. The average Bonchev–Trinajstić information content (AvgIpc) is 2.58. The molecule has 0 bridgehead atoms. The van der Waals surface area contributed by atoms with Crippen LogP contribution < -0.4 is 5.32 Å². The van der Waals surface area contributed by atoms with Gasteiger partial charge in [0, 0.05) is 20.1 Å². The van der Waals surface area contributed by atoms with Gasteiger partial charge in [-0.1, -0.05) is 6.92 Å². The molecule has 0 aromatic rings. The molecule has 1 fully saturated rings. The third kappa shape index (κ3) is 7.37. The number of nitrogens with one attached hydrogen (secondary N) is 1. The number of amides is 1. The molecule has 1 aliphatic rings. The van der Waals surface area contributed by atoms with E-state index in [1.54, 1.807) is 0 Å². The molecular formula is C17H31NO7. The van der Waals surface area contributed by atoms with E-state index in [0.717, 1.165) is 13.0 Å². The van der Waals surface area contributed by atoms with Crippen LogP contribution in [0.15, 0.2) is 0 Å². The zero-order valence-corrected chi connectivity index (χ0v) is 15.1. The number of aliphatic hydroxyl groups excluding tert-OH is 2. The highest BCUT2D eigenvalue weighted by Gasteiger charge is 2.44. The summed E-state index contributed by atoms with van der Waals surface area (Å²) in [7, 11) is 0. The predicted octanol–water partition coefficient (Wildman–Crippen LogP) is -0.350. The minimum Gasteiger partial charge on any atom is -0.394 e. The Morgan fingerprint density at radius 1 is 1.20 bits per heavy atom. The second-order valence-electron chi connectivity index (χ2n) is 6.19. The van der Waals surface area contributed by atoms with Crippen molar-refractivity contribution in [3.05, 3.63) is 0 Å². The van der Waals surface area contributed by atoms with Crippen LogP contribution in [0.4, 0.5) is 0 Å². The summed E-state index contributed by atoms with van der Waals surface area (Å²) in [5, 5.41) is 22.2. The topological polar surface area (TPSA) is 114 Å². The number of hydrogen-bond donors (Lipinski definition) is 3. The SMILES string of the molecule is CCCOCCOCCC[C@H]1O[C@H](CO)[C@H](O)[C@H](C=O)[C@H]1NC(C)=O. The summed E-state index contributed by atoms with van der Waals surface area (Å²) < 4.78 is 16.5. The van der Waals surface area contributed by atoms with Crippen molar-refractivity contribution in [3.63, 3.8) is 0 Å². The Bertz CT molecular complexity index is 393.